The van der Waals surface area contributed by atoms with Gasteiger partial charge in [-0.3, -0.25) is 4.79 Å². The number of likely N-dealkylation sites (N-methyl/N-ethyl adjacent to an activating group) is 1. The summed E-state index contributed by atoms with van der Waals surface area (Å²) in [6.45, 7) is 3.84. The summed E-state index contributed by atoms with van der Waals surface area (Å²) in [5.41, 5.74) is 2.50. The molecular formula is C16H26N2O2. The van der Waals surface area contributed by atoms with Gasteiger partial charge in [-0.05, 0) is 38.1 Å². The molecular weight excluding hydrogens is 252 g/mol. The number of carboxylic acids is 1. The zero-order valence-corrected chi connectivity index (χ0v) is 12.7. The van der Waals surface area contributed by atoms with Crippen molar-refractivity contribution in [2.24, 2.45) is 0 Å². The third kappa shape index (κ3) is 6.68. The number of carboxylic acid groups (broad SMARTS) is 1. The fraction of sp³-hybridized carbons (Fsp3) is 0.562. The number of nitrogens with one attached hydrogen (secondary N) is 1. The molecule has 0 spiro atoms. The first kappa shape index (κ1) is 16.7. The lowest BCUT2D eigenvalue weighted by molar-refractivity contribution is -0.137. The predicted octanol–water partition coefficient (Wildman–Crippen LogP) is 1.79. The first-order valence-corrected chi connectivity index (χ1v) is 7.19. The van der Waals surface area contributed by atoms with Gasteiger partial charge in [0, 0.05) is 19.1 Å². The summed E-state index contributed by atoms with van der Waals surface area (Å²) in [4.78, 5) is 13.0. The normalized spacial score (nSPS) is 12.6. The van der Waals surface area contributed by atoms with E-state index in [0.29, 0.717) is 0 Å². The van der Waals surface area contributed by atoms with E-state index in [1.807, 2.05) is 14.1 Å². The highest BCUT2D eigenvalue weighted by atomic mass is 16.4. The van der Waals surface area contributed by atoms with Gasteiger partial charge in [0.15, 0.2) is 0 Å². The molecule has 0 aliphatic rings. The maximum atomic E-state index is 10.9. The topological polar surface area (TPSA) is 52.6 Å². The molecule has 0 aromatic heterocycles. The molecule has 20 heavy (non-hydrogen) atoms. The Morgan fingerprint density at radius 3 is 2.35 bits per heavy atom. The van der Waals surface area contributed by atoms with Crippen LogP contribution in [-0.2, 0) is 17.6 Å². The zero-order chi connectivity index (χ0) is 15.0. The summed E-state index contributed by atoms with van der Waals surface area (Å²) < 4.78 is 0. The summed E-state index contributed by atoms with van der Waals surface area (Å²) in [5.74, 6) is -0.752. The molecule has 1 aromatic rings. The minimum Gasteiger partial charge on any atom is -0.481 e. The quantitative estimate of drug-likeness (QED) is 0.723. The van der Waals surface area contributed by atoms with E-state index in [-0.39, 0.29) is 12.5 Å². The molecule has 1 rings (SSSR count). The number of aliphatic carboxylic acids is 1. The van der Waals surface area contributed by atoms with Crippen LogP contribution < -0.4 is 5.32 Å². The van der Waals surface area contributed by atoms with Crippen molar-refractivity contribution in [3.8, 4) is 0 Å². The molecule has 1 unspecified atom stereocenters. The molecule has 0 heterocycles. The lowest BCUT2D eigenvalue weighted by atomic mass is 10.0. The van der Waals surface area contributed by atoms with Crippen molar-refractivity contribution in [2.45, 2.75) is 32.2 Å². The van der Waals surface area contributed by atoms with Crippen LogP contribution in [0.1, 0.15) is 24.5 Å². The fourth-order valence-electron chi connectivity index (χ4n) is 2.12. The lowest BCUT2D eigenvalue weighted by Crippen LogP contribution is -2.37. The first-order valence-electron chi connectivity index (χ1n) is 7.19. The Morgan fingerprint density at radius 1 is 1.25 bits per heavy atom. The van der Waals surface area contributed by atoms with Crippen molar-refractivity contribution in [3.63, 3.8) is 0 Å². The molecule has 0 aliphatic heterocycles. The minimum absolute atomic E-state index is 0.0140. The SMILES string of the molecule is CCc1ccc(CC(CC(=O)O)NCCN(C)C)cc1. The van der Waals surface area contributed by atoms with Gasteiger partial charge in [-0.2, -0.15) is 0 Å². The maximum absolute atomic E-state index is 10.9. The van der Waals surface area contributed by atoms with Gasteiger partial charge in [-0.1, -0.05) is 31.2 Å². The molecule has 1 aromatic carbocycles. The van der Waals surface area contributed by atoms with Crippen LogP contribution in [0.2, 0.25) is 0 Å². The van der Waals surface area contributed by atoms with E-state index in [1.54, 1.807) is 0 Å². The average molecular weight is 278 g/mol. The molecule has 112 valence electrons. The van der Waals surface area contributed by atoms with Gasteiger partial charge in [0.2, 0.25) is 0 Å². The van der Waals surface area contributed by atoms with Crippen molar-refractivity contribution >= 4 is 5.97 Å². The summed E-state index contributed by atoms with van der Waals surface area (Å²) in [5, 5.41) is 12.3. The average Bonchev–Trinajstić information content (AvgIpc) is 2.38. The van der Waals surface area contributed by atoms with Gasteiger partial charge in [0.05, 0.1) is 6.42 Å². The smallest absolute Gasteiger partial charge is 0.304 e. The summed E-state index contributed by atoms with van der Waals surface area (Å²) in [6.07, 6.45) is 1.94. The number of carbonyl (C=O) groups is 1. The Morgan fingerprint density at radius 2 is 1.85 bits per heavy atom. The maximum Gasteiger partial charge on any atom is 0.304 e. The van der Waals surface area contributed by atoms with Crippen molar-refractivity contribution in [3.05, 3.63) is 35.4 Å². The van der Waals surface area contributed by atoms with Crippen LogP contribution in [0.5, 0.6) is 0 Å². The Balaban J connectivity index is 2.55. The lowest BCUT2D eigenvalue weighted by Gasteiger charge is -2.19. The Hall–Kier alpha value is -1.39. The van der Waals surface area contributed by atoms with Crippen molar-refractivity contribution in [2.75, 3.05) is 27.2 Å². The second-order valence-corrected chi connectivity index (χ2v) is 5.43. The highest BCUT2D eigenvalue weighted by molar-refractivity contribution is 5.67. The molecule has 0 aliphatic carbocycles. The van der Waals surface area contributed by atoms with E-state index in [9.17, 15) is 4.79 Å². The minimum atomic E-state index is -0.752. The molecule has 0 saturated heterocycles. The van der Waals surface area contributed by atoms with Gasteiger partial charge in [0.25, 0.3) is 0 Å². The van der Waals surface area contributed by atoms with Crippen LogP contribution in [0, 0.1) is 0 Å². The van der Waals surface area contributed by atoms with E-state index in [0.717, 1.165) is 25.9 Å². The highest BCUT2D eigenvalue weighted by Gasteiger charge is 2.13. The van der Waals surface area contributed by atoms with Gasteiger partial charge < -0.3 is 15.3 Å². The summed E-state index contributed by atoms with van der Waals surface area (Å²) in [6, 6.07) is 8.42. The molecule has 0 fully saturated rings. The van der Waals surface area contributed by atoms with Gasteiger partial charge in [0.1, 0.15) is 0 Å². The monoisotopic (exact) mass is 278 g/mol. The summed E-state index contributed by atoms with van der Waals surface area (Å²) >= 11 is 0. The van der Waals surface area contributed by atoms with E-state index >= 15 is 0 Å². The standard InChI is InChI=1S/C16H26N2O2/c1-4-13-5-7-14(8-6-13)11-15(12-16(19)20)17-9-10-18(2)3/h5-8,15,17H,4,9-12H2,1-3H3,(H,19,20). The van der Waals surface area contributed by atoms with Gasteiger partial charge >= 0.3 is 5.97 Å². The number of hydrogen-bond donors (Lipinski definition) is 2. The number of nitrogens with zero attached hydrogens (tertiary/aromatic N) is 1. The van der Waals surface area contributed by atoms with Crippen LogP contribution in [0.4, 0.5) is 0 Å². The van der Waals surface area contributed by atoms with Crippen molar-refractivity contribution in [1.82, 2.24) is 10.2 Å². The Bertz CT molecular complexity index is 401. The Labute approximate surface area is 121 Å². The Kier molecular flexibility index (Phi) is 7.26. The third-order valence-electron chi connectivity index (χ3n) is 3.33. The largest absolute Gasteiger partial charge is 0.481 e. The molecule has 0 saturated carbocycles. The molecule has 0 amide bonds. The van der Waals surface area contributed by atoms with Crippen LogP contribution >= 0.6 is 0 Å². The number of aryl methyl sites for hydroxylation is 1. The second-order valence-electron chi connectivity index (χ2n) is 5.43. The zero-order valence-electron chi connectivity index (χ0n) is 12.7. The van der Waals surface area contributed by atoms with E-state index in [4.69, 9.17) is 5.11 Å². The molecule has 4 heteroatoms. The molecule has 0 bridgehead atoms. The van der Waals surface area contributed by atoms with Gasteiger partial charge in [-0.15, -0.1) is 0 Å². The predicted molar refractivity (Wildman–Crippen MR) is 82.1 cm³/mol. The second kappa shape index (κ2) is 8.72. The van der Waals surface area contributed by atoms with E-state index < -0.39 is 5.97 Å². The van der Waals surface area contributed by atoms with Crippen LogP contribution in [0.15, 0.2) is 24.3 Å². The highest BCUT2D eigenvalue weighted by Crippen LogP contribution is 2.09. The van der Waals surface area contributed by atoms with Crippen molar-refractivity contribution in [1.29, 1.82) is 0 Å². The number of rotatable bonds is 9. The van der Waals surface area contributed by atoms with Crippen LogP contribution in [0.25, 0.3) is 0 Å². The van der Waals surface area contributed by atoms with Crippen molar-refractivity contribution < 1.29 is 9.90 Å². The number of hydrogen-bond acceptors (Lipinski definition) is 3. The van der Waals surface area contributed by atoms with Crippen LogP contribution in [-0.4, -0.2) is 49.2 Å². The number of benzene rings is 1. The molecule has 0 radical (unpaired) electrons. The summed E-state index contributed by atoms with van der Waals surface area (Å²) in [7, 11) is 4.02. The third-order valence-corrected chi connectivity index (χ3v) is 3.33. The first-order chi connectivity index (χ1) is 9.51. The molecule has 4 nitrogen and oxygen atoms in total. The van der Waals surface area contributed by atoms with E-state index in [2.05, 4.69) is 41.4 Å². The molecule has 1 atom stereocenters. The van der Waals surface area contributed by atoms with Crippen LogP contribution in [0.3, 0.4) is 0 Å². The van der Waals surface area contributed by atoms with Gasteiger partial charge in [-0.25, -0.2) is 0 Å². The fourth-order valence-corrected chi connectivity index (χ4v) is 2.12. The van der Waals surface area contributed by atoms with E-state index in [1.165, 1.54) is 11.1 Å². The molecule has 2 N–H and O–H groups in total.